The molecule has 0 radical (unpaired) electrons. The summed E-state index contributed by atoms with van der Waals surface area (Å²) in [6.07, 6.45) is 47.9. The zero-order valence-corrected chi connectivity index (χ0v) is 38.9. The average Bonchev–Trinajstić information content (AvgIpc) is 3.16. The lowest BCUT2D eigenvalue weighted by Crippen LogP contribution is -2.44. The molecule has 0 unspecified atom stereocenters. The molecule has 0 saturated heterocycles. The third-order valence-corrected chi connectivity index (χ3v) is 11.7. The number of hydrogen-bond donors (Lipinski definition) is 2. The summed E-state index contributed by atoms with van der Waals surface area (Å²) in [5.41, 5.74) is 0. The van der Waals surface area contributed by atoms with Gasteiger partial charge in [0.15, 0.2) is 0 Å². The van der Waals surface area contributed by atoms with Gasteiger partial charge < -0.3 is 9.11 Å². The fraction of sp³-hybridized carbons (Fsp3) is 1.00. The molecule has 55 heavy (non-hydrogen) atoms. The van der Waals surface area contributed by atoms with Gasteiger partial charge in [0, 0.05) is 10.4 Å². The Labute approximate surface area is 345 Å². The number of hydrogen-bond acceptors (Lipinski definition) is 6. The Morgan fingerprint density at radius 1 is 0.309 bits per heavy atom. The van der Waals surface area contributed by atoms with Crippen LogP contribution in [0.3, 0.4) is 0 Å². The van der Waals surface area contributed by atoms with E-state index in [1.807, 2.05) is 0 Å². The molecule has 0 atom stereocenters. The maximum absolute atomic E-state index is 10.2. The van der Waals surface area contributed by atoms with Gasteiger partial charge in [-0.05, 0) is 53.4 Å². The highest BCUT2D eigenvalue weighted by Gasteiger charge is 2.19. The fourth-order valence-electron chi connectivity index (χ4n) is 7.34. The first-order chi connectivity index (χ1) is 26.4. The molecular weight excluding hydrogens is 709 g/mol. The Morgan fingerprint density at radius 2 is 0.436 bits per heavy atom. The van der Waals surface area contributed by atoms with Crippen LogP contribution in [-0.2, 0) is 10.4 Å². The first-order valence-corrected chi connectivity index (χ1v) is 25.5. The number of unbranched alkanes of at least 4 members (excludes halogenated alkanes) is 32. The zero-order chi connectivity index (χ0) is 41.8. The number of hydroxylamine groups is 6. The third kappa shape index (κ3) is 53.7. The average molecular weight is 809 g/mol. The Bertz CT molecular complexity index is 761. The van der Waals surface area contributed by atoms with E-state index in [0.29, 0.717) is 0 Å². The van der Waals surface area contributed by atoms with Crippen molar-refractivity contribution < 1.29 is 37.2 Å². The standard InChI is InChI=1S/2C23H50NO.H2O4S/c2*1-4-7-8-9-10-11-12-13-14-15-16-17-18-19-20-21-22-23-24(25,5-2)6-3;1-5(2,3)4/h2*25H,4-23H2,1-3H3;(H2,1,2,3,4)/q2*+1;/p-2. The van der Waals surface area contributed by atoms with E-state index in [2.05, 4.69) is 41.5 Å². The smallest absolute Gasteiger partial charge is 0.109 e. The fourth-order valence-corrected chi connectivity index (χ4v) is 7.34. The Balaban J connectivity index is -0.000000874. The largest absolute Gasteiger partial charge is 0.759 e. The Kier molecular flexibility index (Phi) is 48.1. The van der Waals surface area contributed by atoms with Gasteiger partial charge in [-0.3, -0.25) is 8.42 Å². The van der Waals surface area contributed by atoms with E-state index in [1.165, 1.54) is 218 Å². The summed E-state index contributed by atoms with van der Waals surface area (Å²) in [6.45, 7) is 18.1. The van der Waals surface area contributed by atoms with Crippen LogP contribution in [0.4, 0.5) is 0 Å². The van der Waals surface area contributed by atoms with Gasteiger partial charge in [0.1, 0.15) is 39.3 Å². The van der Waals surface area contributed by atoms with E-state index in [-0.39, 0.29) is 9.29 Å². The normalized spacial score (nSPS) is 12.0. The minimum atomic E-state index is -5.17. The van der Waals surface area contributed by atoms with Crippen LogP contribution in [0, 0.1) is 0 Å². The topological polar surface area (TPSA) is 121 Å². The summed E-state index contributed by atoms with van der Waals surface area (Å²) in [6, 6.07) is 0. The highest BCUT2D eigenvalue weighted by molar-refractivity contribution is 7.79. The second kappa shape index (κ2) is 44.8. The Morgan fingerprint density at radius 3 is 0.564 bits per heavy atom. The molecule has 2 N–H and O–H groups in total. The minimum Gasteiger partial charge on any atom is -0.759 e. The molecule has 0 saturated carbocycles. The molecule has 0 aromatic carbocycles. The van der Waals surface area contributed by atoms with Crippen LogP contribution in [-0.4, -0.2) is 76.5 Å². The van der Waals surface area contributed by atoms with E-state index in [1.54, 1.807) is 0 Å². The van der Waals surface area contributed by atoms with Crippen molar-refractivity contribution in [2.75, 3.05) is 39.3 Å². The van der Waals surface area contributed by atoms with Crippen LogP contribution in [0.5, 0.6) is 0 Å². The van der Waals surface area contributed by atoms with Crippen LogP contribution in [0.2, 0.25) is 0 Å². The highest BCUT2D eigenvalue weighted by Crippen LogP contribution is 2.16. The number of nitrogens with zero attached hydrogens (tertiary/aromatic N) is 2. The first kappa shape index (κ1) is 59.0. The van der Waals surface area contributed by atoms with E-state index < -0.39 is 10.4 Å². The summed E-state index contributed by atoms with van der Waals surface area (Å²) >= 11 is 0. The van der Waals surface area contributed by atoms with Crippen molar-refractivity contribution >= 4 is 10.4 Å². The summed E-state index contributed by atoms with van der Waals surface area (Å²) < 4.78 is 34.6. The molecule has 8 nitrogen and oxygen atoms in total. The Hall–Kier alpha value is -0.290. The van der Waals surface area contributed by atoms with Crippen LogP contribution in [0.15, 0.2) is 0 Å². The van der Waals surface area contributed by atoms with Gasteiger partial charge >= 0.3 is 0 Å². The lowest BCUT2D eigenvalue weighted by Gasteiger charge is -2.27. The molecule has 0 heterocycles. The van der Waals surface area contributed by atoms with Crippen molar-refractivity contribution in [3.8, 4) is 0 Å². The van der Waals surface area contributed by atoms with Gasteiger partial charge in [0.25, 0.3) is 0 Å². The summed E-state index contributed by atoms with van der Waals surface area (Å²) in [4.78, 5) is 0. The van der Waals surface area contributed by atoms with Crippen molar-refractivity contribution in [3.63, 3.8) is 0 Å². The summed E-state index contributed by atoms with van der Waals surface area (Å²) in [5, 5.41) is 20.4. The van der Waals surface area contributed by atoms with Crippen molar-refractivity contribution in [1.29, 1.82) is 0 Å². The highest BCUT2D eigenvalue weighted by atomic mass is 32.3. The van der Waals surface area contributed by atoms with E-state index in [9.17, 15) is 10.4 Å². The van der Waals surface area contributed by atoms with E-state index in [0.717, 1.165) is 39.3 Å². The monoisotopic (exact) mass is 809 g/mol. The van der Waals surface area contributed by atoms with Crippen molar-refractivity contribution in [3.05, 3.63) is 0 Å². The second-order valence-corrected chi connectivity index (χ2v) is 17.4. The van der Waals surface area contributed by atoms with Crippen LogP contribution in [0.1, 0.15) is 260 Å². The van der Waals surface area contributed by atoms with E-state index in [4.69, 9.17) is 17.5 Å². The van der Waals surface area contributed by atoms with E-state index >= 15 is 0 Å². The molecule has 0 spiro atoms. The predicted molar refractivity (Wildman–Crippen MR) is 235 cm³/mol. The maximum Gasteiger partial charge on any atom is 0.109 e. The molecule has 336 valence electrons. The molecule has 0 rings (SSSR count). The van der Waals surface area contributed by atoms with Gasteiger partial charge in [-0.25, -0.2) is 10.4 Å². The molecule has 0 aliphatic heterocycles. The lowest BCUT2D eigenvalue weighted by atomic mass is 10.0. The molecule has 0 aromatic rings. The van der Waals surface area contributed by atoms with Crippen molar-refractivity contribution in [2.24, 2.45) is 0 Å². The zero-order valence-electron chi connectivity index (χ0n) is 38.1. The van der Waals surface area contributed by atoms with Crippen molar-refractivity contribution in [2.45, 2.75) is 260 Å². The van der Waals surface area contributed by atoms with Gasteiger partial charge in [-0.1, -0.05) is 206 Å². The third-order valence-electron chi connectivity index (χ3n) is 11.7. The van der Waals surface area contributed by atoms with Gasteiger partial charge in [0.05, 0.1) is 0 Å². The minimum absolute atomic E-state index is 0.263. The molecule has 9 heteroatoms. The molecular formula is C46H100N2O6S. The number of rotatable bonds is 40. The van der Waals surface area contributed by atoms with Crippen LogP contribution >= 0.6 is 0 Å². The van der Waals surface area contributed by atoms with Gasteiger partial charge in [0.2, 0.25) is 0 Å². The second-order valence-electron chi connectivity index (χ2n) is 16.6. The van der Waals surface area contributed by atoms with Crippen LogP contribution in [0.25, 0.3) is 0 Å². The molecule has 0 aliphatic rings. The first-order valence-electron chi connectivity index (χ1n) is 24.2. The summed E-state index contributed by atoms with van der Waals surface area (Å²) in [5.74, 6) is 0. The lowest BCUT2D eigenvalue weighted by molar-refractivity contribution is -1.10. The van der Waals surface area contributed by atoms with Crippen LogP contribution < -0.4 is 0 Å². The summed E-state index contributed by atoms with van der Waals surface area (Å²) in [7, 11) is -5.17. The SMILES string of the molecule is CCCCCCCCCCCCCCCCCCC[N+](O)(CC)CC.CCCCCCCCCCCCCCCCCCC[N+](O)(CC)CC.O=S(=O)([O-])[O-]. The molecule has 0 aliphatic carbocycles. The predicted octanol–water partition coefficient (Wildman–Crippen LogP) is 14.4. The van der Waals surface area contributed by atoms with Gasteiger partial charge in [-0.2, -0.15) is 9.29 Å². The molecule has 0 fully saturated rings. The molecule has 0 aromatic heterocycles. The number of quaternary nitrogens is 2. The molecule has 0 bridgehead atoms. The molecule has 0 amide bonds. The van der Waals surface area contributed by atoms with Crippen molar-refractivity contribution in [1.82, 2.24) is 0 Å². The quantitative estimate of drug-likeness (QED) is 0.0209. The maximum atomic E-state index is 10.2. The van der Waals surface area contributed by atoms with Gasteiger partial charge in [-0.15, -0.1) is 0 Å².